The number of carbonyl (C=O) groups is 3. The van der Waals surface area contributed by atoms with E-state index in [9.17, 15) is 74.9 Å². The van der Waals surface area contributed by atoms with Crippen molar-refractivity contribution < 1.29 is 84.4 Å². The highest BCUT2D eigenvalue weighted by molar-refractivity contribution is 6.11. The Hall–Kier alpha value is -4.70. The third-order valence-corrected chi connectivity index (χ3v) is 7.46. The third-order valence-electron chi connectivity index (χ3n) is 7.46. The lowest BCUT2D eigenvalue weighted by Crippen LogP contribution is -2.85. The van der Waals surface area contributed by atoms with Gasteiger partial charge in [0.15, 0.2) is 28.8 Å². The Kier molecular flexibility index (Phi) is 8.37. The van der Waals surface area contributed by atoms with Gasteiger partial charge in [0.1, 0.15) is 12.4 Å². The summed E-state index contributed by atoms with van der Waals surface area (Å²) >= 11 is 0. The fourth-order valence-electron chi connectivity index (χ4n) is 4.83. The minimum absolute atomic E-state index is 0.192. The summed E-state index contributed by atoms with van der Waals surface area (Å²) in [5.74, 6) is -23.8. The number of piperidine rings is 1. The Morgan fingerprint density at radius 2 is 1.53 bits per heavy atom. The van der Waals surface area contributed by atoms with Crippen LogP contribution in [0.2, 0.25) is 0 Å². The number of aliphatic hydroxyl groups is 8. The number of ether oxygens (including phenoxy) is 2. The zero-order chi connectivity index (χ0) is 33.8. The van der Waals surface area contributed by atoms with Crippen LogP contribution in [0.3, 0.4) is 0 Å². The molecule has 4 rings (SSSR count). The number of morpholine rings is 1. The number of phenolic OH excluding ortho intramolecular Hbond substituents is 3. The van der Waals surface area contributed by atoms with Gasteiger partial charge in [-0.15, -0.1) is 0 Å². The number of phenols is 3. The summed E-state index contributed by atoms with van der Waals surface area (Å²) in [5.41, 5.74) is -7.51. The lowest BCUT2D eigenvalue weighted by Gasteiger charge is -2.49. The zero-order valence-electron chi connectivity index (χ0n) is 22.9. The molecule has 0 radical (unpaired) electrons. The smallest absolute Gasteiger partial charge is 0.306 e. The van der Waals surface area contributed by atoms with Crippen molar-refractivity contribution in [1.29, 1.82) is 0 Å². The van der Waals surface area contributed by atoms with Gasteiger partial charge in [-0.25, -0.2) is 4.39 Å². The van der Waals surface area contributed by atoms with E-state index >= 15 is 0 Å². The van der Waals surface area contributed by atoms with Gasteiger partial charge < -0.3 is 65.6 Å². The molecule has 12 N–H and O–H groups in total. The quantitative estimate of drug-likeness (QED) is 0.0342. The number of carbonyl (C=O) groups excluding carboxylic acids is 3. The minimum atomic E-state index is -4.56. The summed E-state index contributed by atoms with van der Waals surface area (Å²) in [4.78, 5) is 39.1. The summed E-state index contributed by atoms with van der Waals surface area (Å²) in [6.45, 7) is 1.56. The van der Waals surface area contributed by atoms with Crippen molar-refractivity contribution in [2.45, 2.75) is 30.5 Å². The van der Waals surface area contributed by atoms with Crippen LogP contribution in [0.5, 0.6) is 17.2 Å². The lowest BCUT2D eigenvalue weighted by atomic mass is 9.87. The summed E-state index contributed by atoms with van der Waals surface area (Å²) < 4.78 is 25.2. The maximum atomic E-state index is 14.9. The van der Waals surface area contributed by atoms with E-state index in [4.69, 9.17) is 9.47 Å². The highest BCUT2D eigenvalue weighted by Crippen LogP contribution is 2.44. The van der Waals surface area contributed by atoms with Crippen molar-refractivity contribution in [3.63, 3.8) is 0 Å². The number of halogens is 1. The summed E-state index contributed by atoms with van der Waals surface area (Å²) in [6, 6.07) is 0. The largest absolute Gasteiger partial charge is 0.507 e. The first kappa shape index (κ1) is 33.2. The number of rotatable bonds is 7. The zero-order valence-corrected chi connectivity index (χ0v) is 22.9. The number of amides is 3. The molecule has 0 saturated carbocycles. The molecule has 3 amide bonds. The molecule has 19 nitrogen and oxygen atoms in total. The van der Waals surface area contributed by atoms with E-state index in [-0.39, 0.29) is 17.0 Å². The molecule has 3 aliphatic rings. The first-order chi connectivity index (χ1) is 20.8. The number of aliphatic hydroxyl groups excluding tert-OH is 3. The van der Waals surface area contributed by atoms with Crippen molar-refractivity contribution in [1.82, 2.24) is 15.1 Å². The average Bonchev–Trinajstić information content (AvgIpc) is 3.33. The first-order valence-corrected chi connectivity index (χ1v) is 12.7. The van der Waals surface area contributed by atoms with E-state index in [1.165, 1.54) is 5.32 Å². The van der Waals surface area contributed by atoms with Gasteiger partial charge in [-0.05, 0) is 0 Å². The molecule has 3 saturated heterocycles. The summed E-state index contributed by atoms with van der Waals surface area (Å²) in [5, 5.41) is 115. The predicted molar refractivity (Wildman–Crippen MR) is 138 cm³/mol. The number of imide groups is 1. The lowest BCUT2D eigenvalue weighted by molar-refractivity contribution is -0.407. The number of nitrogens with one attached hydrogen (secondary N) is 1. The van der Waals surface area contributed by atoms with Crippen LogP contribution >= 0.6 is 0 Å². The third kappa shape index (κ3) is 5.03. The molecule has 0 spiro atoms. The van der Waals surface area contributed by atoms with Crippen LogP contribution in [0.4, 0.5) is 4.39 Å². The molecule has 3 heterocycles. The average molecular weight is 646 g/mol. The van der Waals surface area contributed by atoms with Crippen LogP contribution < -0.4 is 5.32 Å². The second-order valence-electron chi connectivity index (χ2n) is 10.1. The first-order valence-electron chi connectivity index (χ1n) is 12.7. The molecule has 1 atom stereocenters. The number of likely N-dealkylation sites (tertiary alicyclic amines) is 1. The fraction of sp³-hybridized carbons (Fsp3) is 0.400. The second kappa shape index (κ2) is 11.3. The molecule has 0 aliphatic carbocycles. The Balaban J connectivity index is 1.75. The van der Waals surface area contributed by atoms with Gasteiger partial charge in [-0.2, -0.15) is 0 Å². The predicted octanol–water partition coefficient (Wildman–Crippen LogP) is -3.51. The SMILES string of the molecule is C=C(O)/C(O)=C1/C(=O)N(C2(O)C(=O)NC(=O)C(O)(O)C2(O)O)C/C1=C(/O)OCc1c(O)c(CN2CCOCC2)c(O)c(O)c1F. The van der Waals surface area contributed by atoms with E-state index in [0.717, 1.165) is 0 Å². The Morgan fingerprint density at radius 1 is 0.933 bits per heavy atom. The molecule has 0 aromatic heterocycles. The number of hydrogen-bond acceptors (Lipinski definition) is 17. The van der Waals surface area contributed by atoms with Crippen LogP contribution in [0, 0.1) is 5.82 Å². The molecule has 3 fully saturated rings. The summed E-state index contributed by atoms with van der Waals surface area (Å²) in [7, 11) is 0. The van der Waals surface area contributed by atoms with E-state index in [1.807, 2.05) is 0 Å². The van der Waals surface area contributed by atoms with Crippen LogP contribution in [0.1, 0.15) is 11.1 Å². The highest BCUT2D eigenvalue weighted by Gasteiger charge is 2.76. The number of aromatic hydroxyl groups is 3. The van der Waals surface area contributed by atoms with Gasteiger partial charge in [0, 0.05) is 19.6 Å². The Morgan fingerprint density at radius 3 is 2.11 bits per heavy atom. The Labute approximate surface area is 250 Å². The molecule has 20 heteroatoms. The fourth-order valence-corrected chi connectivity index (χ4v) is 4.83. The number of hydrogen-bond donors (Lipinski definition) is 12. The summed E-state index contributed by atoms with van der Waals surface area (Å²) in [6.07, 6.45) is 0. The van der Waals surface area contributed by atoms with Crippen LogP contribution in [0.25, 0.3) is 0 Å². The van der Waals surface area contributed by atoms with Gasteiger partial charge in [0.2, 0.25) is 0 Å². The molecular formula is C25H28FN3O16. The molecule has 0 bridgehead atoms. The van der Waals surface area contributed by atoms with E-state index in [2.05, 4.69) is 6.58 Å². The number of benzene rings is 1. The maximum absolute atomic E-state index is 14.9. The van der Waals surface area contributed by atoms with Crippen molar-refractivity contribution >= 4 is 17.7 Å². The minimum Gasteiger partial charge on any atom is -0.507 e. The van der Waals surface area contributed by atoms with Gasteiger partial charge in [-0.1, -0.05) is 6.58 Å². The molecule has 1 aromatic rings. The monoisotopic (exact) mass is 645 g/mol. The molecule has 246 valence electrons. The molecular weight excluding hydrogens is 617 g/mol. The van der Waals surface area contributed by atoms with Gasteiger partial charge in [-0.3, -0.25) is 29.5 Å². The van der Waals surface area contributed by atoms with Crippen molar-refractivity contribution in [3.05, 3.63) is 52.1 Å². The molecule has 45 heavy (non-hydrogen) atoms. The van der Waals surface area contributed by atoms with Gasteiger partial charge >= 0.3 is 5.79 Å². The molecule has 1 unspecified atom stereocenters. The van der Waals surface area contributed by atoms with E-state index < -0.39 is 105 Å². The topological polar surface area (TPSA) is 311 Å². The van der Waals surface area contributed by atoms with E-state index in [0.29, 0.717) is 26.3 Å². The second-order valence-corrected chi connectivity index (χ2v) is 10.1. The Bertz CT molecular complexity index is 1550. The van der Waals surface area contributed by atoms with E-state index in [1.54, 1.807) is 4.90 Å². The normalized spacial score (nSPS) is 25.6. The van der Waals surface area contributed by atoms with Gasteiger partial charge in [0.25, 0.3) is 35.2 Å². The van der Waals surface area contributed by atoms with Crippen molar-refractivity contribution in [2.24, 2.45) is 0 Å². The van der Waals surface area contributed by atoms with Crippen LogP contribution in [-0.2, 0) is 37.0 Å². The van der Waals surface area contributed by atoms with Gasteiger partial charge in [0.05, 0.1) is 42.0 Å². The van der Waals surface area contributed by atoms with Crippen LogP contribution in [-0.4, -0.2) is 134 Å². The standard InChI is InChI=1S/C25H28FN3O16/c1-9(30)15(31)13-10(7-29(19(13)35)23(39)21(37)27-22(38)24(40,41)25(23,42)43)20(36)45-8-12-14(26)18(34)17(33)11(16(12)32)6-28-2-4-44-5-3-28/h30-34,36,39-43H,1-8H2,(H,27,37,38)/b15-13-,20-10+. The maximum Gasteiger partial charge on any atom is 0.306 e. The van der Waals surface area contributed by atoms with Crippen molar-refractivity contribution in [2.75, 3.05) is 32.8 Å². The number of nitrogens with zero attached hydrogens (tertiary/aromatic N) is 2. The van der Waals surface area contributed by atoms with Crippen molar-refractivity contribution in [3.8, 4) is 17.2 Å². The highest BCUT2D eigenvalue weighted by atomic mass is 19.1. The molecule has 1 aromatic carbocycles. The van der Waals surface area contributed by atoms with Crippen LogP contribution in [0.15, 0.2) is 35.2 Å². The molecule has 3 aliphatic heterocycles.